The third-order valence-electron chi connectivity index (χ3n) is 1.75. The van der Waals surface area contributed by atoms with E-state index in [2.05, 4.69) is 12.6 Å². The Morgan fingerprint density at radius 2 is 1.47 bits per heavy atom. The second-order valence-corrected chi connectivity index (χ2v) is 3.56. The van der Waals surface area contributed by atoms with Gasteiger partial charge in [-0.25, -0.2) is 0 Å². The first-order valence-corrected chi connectivity index (χ1v) is 6.44. The summed E-state index contributed by atoms with van der Waals surface area (Å²) >= 11 is 3.93. The van der Waals surface area contributed by atoms with Crippen molar-refractivity contribution < 1.29 is 23.7 Å². The highest BCUT2D eigenvalue weighted by Crippen LogP contribution is 1.89. The van der Waals surface area contributed by atoms with Crippen LogP contribution in [0.4, 0.5) is 0 Å². The zero-order valence-electron chi connectivity index (χ0n) is 10.4. The number of carbonyl (C=O) groups excluding carboxylic acids is 1. The molecule has 0 radical (unpaired) electrons. The van der Waals surface area contributed by atoms with E-state index in [4.69, 9.17) is 18.9 Å². The predicted molar refractivity (Wildman–Crippen MR) is 67.6 cm³/mol. The van der Waals surface area contributed by atoms with E-state index >= 15 is 0 Å². The first-order chi connectivity index (χ1) is 8.31. The molecule has 0 fully saturated rings. The van der Waals surface area contributed by atoms with Gasteiger partial charge < -0.3 is 18.9 Å². The van der Waals surface area contributed by atoms with Crippen molar-refractivity contribution in [2.24, 2.45) is 0 Å². The van der Waals surface area contributed by atoms with Crippen molar-refractivity contribution in [3.8, 4) is 0 Å². The minimum atomic E-state index is -0.239. The fraction of sp³-hybridized carbons (Fsp3) is 0.909. The molecular formula is C11H22O5S. The molecule has 0 spiro atoms. The molecule has 0 saturated carbocycles. The van der Waals surface area contributed by atoms with Crippen LogP contribution in [0.25, 0.3) is 0 Å². The molecule has 0 unspecified atom stereocenters. The summed E-state index contributed by atoms with van der Waals surface area (Å²) in [6.07, 6.45) is 0.337. The Balaban J connectivity index is 3.01. The van der Waals surface area contributed by atoms with Crippen molar-refractivity contribution in [1.82, 2.24) is 0 Å². The average Bonchev–Trinajstić information content (AvgIpc) is 2.32. The lowest BCUT2D eigenvalue weighted by atomic mass is 10.5. The van der Waals surface area contributed by atoms with Gasteiger partial charge in [0.05, 0.1) is 39.5 Å². The summed E-state index contributed by atoms with van der Waals surface area (Å²) in [5.41, 5.74) is 0. The van der Waals surface area contributed by atoms with Crippen LogP contribution >= 0.6 is 12.6 Å². The number of rotatable bonds is 12. The van der Waals surface area contributed by atoms with E-state index in [1.807, 2.05) is 6.92 Å². The van der Waals surface area contributed by atoms with Crippen molar-refractivity contribution in [2.45, 2.75) is 13.3 Å². The van der Waals surface area contributed by atoms with Crippen molar-refractivity contribution in [2.75, 3.05) is 52.0 Å². The quantitative estimate of drug-likeness (QED) is 0.323. The molecule has 0 aromatic heterocycles. The second kappa shape index (κ2) is 13.8. The van der Waals surface area contributed by atoms with Gasteiger partial charge in [-0.1, -0.05) is 0 Å². The molecule has 6 heteroatoms. The summed E-state index contributed by atoms with van der Waals surface area (Å²) in [7, 11) is 0. The van der Waals surface area contributed by atoms with Gasteiger partial charge in [0, 0.05) is 12.4 Å². The highest BCUT2D eigenvalue weighted by atomic mass is 32.1. The van der Waals surface area contributed by atoms with Crippen molar-refractivity contribution in [3.63, 3.8) is 0 Å². The molecule has 5 nitrogen and oxygen atoms in total. The average molecular weight is 266 g/mol. The molecule has 0 saturated heterocycles. The molecule has 0 N–H and O–H groups in total. The zero-order chi connectivity index (χ0) is 12.8. The van der Waals surface area contributed by atoms with E-state index in [1.54, 1.807) is 0 Å². The molecule has 0 rings (SSSR count). The summed E-state index contributed by atoms with van der Waals surface area (Å²) in [5, 5.41) is 0. The zero-order valence-corrected chi connectivity index (χ0v) is 11.2. The first kappa shape index (κ1) is 16.7. The molecule has 0 aliphatic rings. The van der Waals surface area contributed by atoms with Gasteiger partial charge in [-0.15, -0.1) is 0 Å². The Morgan fingerprint density at radius 1 is 0.941 bits per heavy atom. The van der Waals surface area contributed by atoms with E-state index in [0.29, 0.717) is 51.8 Å². The lowest BCUT2D eigenvalue weighted by Crippen LogP contribution is -2.14. The van der Waals surface area contributed by atoms with Crippen LogP contribution in [0.3, 0.4) is 0 Å². The standard InChI is InChI=1S/C11H22O5S/c1-2-13-4-5-14-6-7-15-8-9-16-11(12)3-10-17/h17H,2-10H2,1H3. The lowest BCUT2D eigenvalue weighted by molar-refractivity contribution is -0.144. The number of carbonyl (C=O) groups is 1. The largest absolute Gasteiger partial charge is 0.463 e. The molecule has 0 aliphatic carbocycles. The fourth-order valence-electron chi connectivity index (χ4n) is 0.962. The maximum Gasteiger partial charge on any atom is 0.306 e. The Labute approximate surface area is 108 Å². The Morgan fingerprint density at radius 3 is 2.00 bits per heavy atom. The van der Waals surface area contributed by atoms with Crippen LogP contribution in [-0.2, 0) is 23.7 Å². The van der Waals surface area contributed by atoms with Gasteiger partial charge in [0.25, 0.3) is 0 Å². The van der Waals surface area contributed by atoms with Gasteiger partial charge in [0.15, 0.2) is 0 Å². The van der Waals surface area contributed by atoms with Crippen LogP contribution < -0.4 is 0 Å². The summed E-state index contributed by atoms with van der Waals surface area (Å²) < 4.78 is 20.4. The Bertz CT molecular complexity index is 177. The van der Waals surface area contributed by atoms with Gasteiger partial charge in [-0.05, 0) is 6.92 Å². The van der Waals surface area contributed by atoms with Crippen LogP contribution in [-0.4, -0.2) is 58.0 Å². The van der Waals surface area contributed by atoms with E-state index in [0.717, 1.165) is 0 Å². The topological polar surface area (TPSA) is 54.0 Å². The normalized spacial score (nSPS) is 10.5. The molecule has 0 amide bonds. The summed E-state index contributed by atoms with van der Waals surface area (Å²) in [4.78, 5) is 10.9. The lowest BCUT2D eigenvalue weighted by Gasteiger charge is -2.06. The minimum Gasteiger partial charge on any atom is -0.463 e. The SMILES string of the molecule is CCOCCOCCOCCOC(=O)CCS. The molecule has 0 atom stereocenters. The molecule has 0 bridgehead atoms. The molecule has 0 heterocycles. The maximum atomic E-state index is 10.9. The third-order valence-corrected chi connectivity index (χ3v) is 1.98. The molecule has 0 aliphatic heterocycles. The number of thiol groups is 1. The van der Waals surface area contributed by atoms with Crippen molar-refractivity contribution in [1.29, 1.82) is 0 Å². The van der Waals surface area contributed by atoms with E-state index in [1.165, 1.54) is 0 Å². The number of hydrogen-bond acceptors (Lipinski definition) is 6. The van der Waals surface area contributed by atoms with Crippen molar-refractivity contribution >= 4 is 18.6 Å². The minimum absolute atomic E-state index is 0.239. The summed E-state index contributed by atoms with van der Waals surface area (Å²) in [5.74, 6) is 0.268. The highest BCUT2D eigenvalue weighted by molar-refractivity contribution is 7.80. The maximum absolute atomic E-state index is 10.9. The summed E-state index contributed by atoms with van der Waals surface area (Å²) in [6.45, 7) is 5.54. The molecule has 102 valence electrons. The Hall–Kier alpha value is -0.300. The second-order valence-electron chi connectivity index (χ2n) is 3.12. The first-order valence-electron chi connectivity index (χ1n) is 5.81. The molecule has 17 heavy (non-hydrogen) atoms. The van der Waals surface area contributed by atoms with Gasteiger partial charge in [-0.3, -0.25) is 4.79 Å². The van der Waals surface area contributed by atoms with E-state index < -0.39 is 0 Å². The van der Waals surface area contributed by atoms with Crippen LogP contribution in [0.15, 0.2) is 0 Å². The van der Waals surface area contributed by atoms with Gasteiger partial charge in [0.1, 0.15) is 6.61 Å². The molecular weight excluding hydrogens is 244 g/mol. The third kappa shape index (κ3) is 13.6. The monoisotopic (exact) mass is 266 g/mol. The molecule has 0 aromatic rings. The Kier molecular flexibility index (Phi) is 13.5. The number of ether oxygens (including phenoxy) is 4. The van der Waals surface area contributed by atoms with Crippen LogP contribution in [0, 0.1) is 0 Å². The van der Waals surface area contributed by atoms with Crippen LogP contribution in [0.1, 0.15) is 13.3 Å². The molecule has 0 aromatic carbocycles. The number of esters is 1. The number of hydrogen-bond donors (Lipinski definition) is 1. The predicted octanol–water partition coefficient (Wildman–Crippen LogP) is 0.919. The van der Waals surface area contributed by atoms with Crippen LogP contribution in [0.5, 0.6) is 0 Å². The fourth-order valence-corrected chi connectivity index (χ4v) is 1.14. The summed E-state index contributed by atoms with van der Waals surface area (Å²) in [6, 6.07) is 0. The van der Waals surface area contributed by atoms with Crippen LogP contribution in [0.2, 0.25) is 0 Å². The highest BCUT2D eigenvalue weighted by Gasteiger charge is 1.99. The smallest absolute Gasteiger partial charge is 0.306 e. The van der Waals surface area contributed by atoms with E-state index in [-0.39, 0.29) is 12.6 Å². The van der Waals surface area contributed by atoms with Gasteiger partial charge in [0.2, 0.25) is 0 Å². The van der Waals surface area contributed by atoms with Crippen molar-refractivity contribution in [3.05, 3.63) is 0 Å². The van der Waals surface area contributed by atoms with Gasteiger partial charge >= 0.3 is 5.97 Å². The van der Waals surface area contributed by atoms with E-state index in [9.17, 15) is 4.79 Å². The van der Waals surface area contributed by atoms with Gasteiger partial charge in [-0.2, -0.15) is 12.6 Å².